The lowest BCUT2D eigenvalue weighted by Crippen LogP contribution is -2.47. The molecular weight excluding hydrogens is 392 g/mol. The molecule has 3 aliphatic rings. The summed E-state index contributed by atoms with van der Waals surface area (Å²) >= 11 is 10.3. The van der Waals surface area contributed by atoms with Crippen LogP contribution in [0.2, 0.25) is 0 Å². The maximum Gasteiger partial charge on any atom is 0.174 e. The standard InChI is InChI=1S/C21H22N2O3S2/c24-15(9-11-7-12-3-1-2-4-13(12)8-11)17-16(27)10-23-19(17)20(25)14-5-6-22-18(14)21(26)28/h1-4,7,14,17-19,22-23H,5-6,8-10H2,(H,26,28)/t14?,17?,18-,19-/m0/s1. The number of thiocarbonyl (C=S) groups is 2. The van der Waals surface area contributed by atoms with Crippen LogP contribution >= 0.6 is 24.4 Å². The molecule has 1 aliphatic carbocycles. The van der Waals surface area contributed by atoms with Crippen molar-refractivity contribution in [1.82, 2.24) is 10.6 Å². The van der Waals surface area contributed by atoms with Crippen molar-refractivity contribution in [2.45, 2.75) is 31.3 Å². The average Bonchev–Trinajstić information content (AvgIpc) is 3.38. The maximum absolute atomic E-state index is 13.1. The van der Waals surface area contributed by atoms with Crippen molar-refractivity contribution in [1.29, 1.82) is 0 Å². The zero-order valence-electron chi connectivity index (χ0n) is 15.3. The van der Waals surface area contributed by atoms with E-state index in [1.807, 2.05) is 18.2 Å². The topological polar surface area (TPSA) is 78.4 Å². The lowest BCUT2D eigenvalue weighted by atomic mass is 9.83. The third kappa shape index (κ3) is 3.59. The molecule has 0 aromatic heterocycles. The van der Waals surface area contributed by atoms with Crippen molar-refractivity contribution in [3.63, 3.8) is 0 Å². The largest absolute Gasteiger partial charge is 0.501 e. The molecule has 2 fully saturated rings. The van der Waals surface area contributed by atoms with Gasteiger partial charge in [0.15, 0.2) is 10.8 Å². The van der Waals surface area contributed by atoms with E-state index < -0.39 is 23.9 Å². The van der Waals surface area contributed by atoms with Gasteiger partial charge in [-0.3, -0.25) is 9.59 Å². The molecule has 1 aromatic carbocycles. The molecule has 0 saturated carbocycles. The molecule has 4 atom stereocenters. The number of aliphatic hydroxyl groups is 1. The summed E-state index contributed by atoms with van der Waals surface area (Å²) in [5, 5.41) is 15.7. The predicted octanol–water partition coefficient (Wildman–Crippen LogP) is 1.98. The highest BCUT2D eigenvalue weighted by molar-refractivity contribution is 7.80. The van der Waals surface area contributed by atoms with Gasteiger partial charge in [0.2, 0.25) is 0 Å². The number of fused-ring (bicyclic) bond motifs is 1. The highest BCUT2D eigenvalue weighted by Gasteiger charge is 2.46. The Morgan fingerprint density at radius 2 is 1.96 bits per heavy atom. The van der Waals surface area contributed by atoms with Crippen LogP contribution < -0.4 is 10.6 Å². The predicted molar refractivity (Wildman–Crippen MR) is 116 cm³/mol. The highest BCUT2D eigenvalue weighted by Crippen LogP contribution is 2.30. The summed E-state index contributed by atoms with van der Waals surface area (Å²) in [7, 11) is 0. The zero-order valence-corrected chi connectivity index (χ0v) is 16.9. The summed E-state index contributed by atoms with van der Waals surface area (Å²) in [4.78, 5) is 26.8. The Balaban J connectivity index is 1.48. The number of allylic oxidation sites excluding steroid dienone is 1. The lowest BCUT2D eigenvalue weighted by Gasteiger charge is -2.23. The van der Waals surface area contributed by atoms with Crippen molar-refractivity contribution in [3.05, 3.63) is 41.0 Å². The second-order valence-electron chi connectivity index (χ2n) is 7.69. The third-order valence-corrected chi connectivity index (χ3v) is 6.57. The minimum absolute atomic E-state index is 0.0125. The molecule has 28 heavy (non-hydrogen) atoms. The quantitative estimate of drug-likeness (QED) is 0.615. The van der Waals surface area contributed by atoms with Crippen LogP contribution in [0.1, 0.15) is 24.0 Å². The number of aliphatic hydroxyl groups excluding tert-OH is 1. The van der Waals surface area contributed by atoms with E-state index in [-0.39, 0.29) is 16.6 Å². The van der Waals surface area contributed by atoms with Crippen LogP contribution in [0.4, 0.5) is 0 Å². The minimum atomic E-state index is -0.633. The van der Waals surface area contributed by atoms with Gasteiger partial charge in [-0.2, -0.15) is 0 Å². The monoisotopic (exact) mass is 414 g/mol. The molecule has 2 aliphatic heterocycles. The molecule has 0 amide bonds. The van der Waals surface area contributed by atoms with Crippen LogP contribution in [0.25, 0.3) is 6.08 Å². The van der Waals surface area contributed by atoms with Gasteiger partial charge in [-0.15, -0.1) is 0 Å². The summed E-state index contributed by atoms with van der Waals surface area (Å²) in [6, 6.07) is 6.95. The van der Waals surface area contributed by atoms with Gasteiger partial charge in [0.1, 0.15) is 5.78 Å². The number of hydrogen-bond donors (Lipinski definition) is 3. The maximum atomic E-state index is 13.1. The smallest absolute Gasteiger partial charge is 0.174 e. The summed E-state index contributed by atoms with van der Waals surface area (Å²) in [6.07, 6.45) is 3.73. The number of carbonyl (C=O) groups is 2. The summed E-state index contributed by atoms with van der Waals surface area (Å²) < 4.78 is 0. The summed E-state index contributed by atoms with van der Waals surface area (Å²) in [6.45, 7) is 0.999. The fraction of sp³-hybridized carbons (Fsp3) is 0.429. The van der Waals surface area contributed by atoms with Gasteiger partial charge in [-0.25, -0.2) is 0 Å². The molecular formula is C21H22N2O3S2. The van der Waals surface area contributed by atoms with E-state index in [9.17, 15) is 14.7 Å². The molecule has 2 saturated heterocycles. The first-order valence-corrected chi connectivity index (χ1v) is 10.3. The van der Waals surface area contributed by atoms with Crippen LogP contribution in [0, 0.1) is 11.8 Å². The van der Waals surface area contributed by atoms with Gasteiger partial charge >= 0.3 is 0 Å². The molecule has 5 nitrogen and oxygen atoms in total. The van der Waals surface area contributed by atoms with E-state index in [1.165, 1.54) is 5.56 Å². The molecule has 2 heterocycles. The highest BCUT2D eigenvalue weighted by atomic mass is 32.1. The van der Waals surface area contributed by atoms with Gasteiger partial charge < -0.3 is 15.7 Å². The van der Waals surface area contributed by atoms with Gasteiger partial charge in [-0.1, -0.05) is 48.1 Å². The Hall–Kier alpha value is -1.80. The number of ketones is 2. The van der Waals surface area contributed by atoms with Crippen molar-refractivity contribution >= 4 is 52.0 Å². The number of carbonyl (C=O) groups excluding carboxylic acids is 2. The Bertz CT molecular complexity index is 895. The zero-order chi connectivity index (χ0) is 19.8. The van der Waals surface area contributed by atoms with Crippen LogP contribution in [0.5, 0.6) is 0 Å². The van der Waals surface area contributed by atoms with Crippen molar-refractivity contribution in [2.24, 2.45) is 11.8 Å². The second kappa shape index (κ2) is 7.91. The fourth-order valence-electron chi connectivity index (χ4n) is 4.55. The summed E-state index contributed by atoms with van der Waals surface area (Å²) in [5.41, 5.74) is 3.44. The molecule has 4 rings (SSSR count). The molecule has 7 heteroatoms. The Labute approximate surface area is 174 Å². The summed E-state index contributed by atoms with van der Waals surface area (Å²) in [5.74, 6) is -1.13. The second-order valence-corrected chi connectivity index (χ2v) is 8.63. The molecule has 0 spiro atoms. The van der Waals surface area contributed by atoms with Gasteiger partial charge in [-0.05, 0) is 42.7 Å². The lowest BCUT2D eigenvalue weighted by molar-refractivity contribution is -0.129. The minimum Gasteiger partial charge on any atom is -0.501 e. The number of rotatable bonds is 6. The van der Waals surface area contributed by atoms with E-state index >= 15 is 0 Å². The van der Waals surface area contributed by atoms with Gasteiger partial charge in [0, 0.05) is 23.7 Å². The number of hydrogen-bond acceptors (Lipinski definition) is 6. The first-order chi connectivity index (χ1) is 13.5. The molecule has 0 radical (unpaired) electrons. The third-order valence-electron chi connectivity index (χ3n) is 5.92. The molecule has 146 valence electrons. The van der Waals surface area contributed by atoms with E-state index in [0.717, 1.165) is 17.6 Å². The average molecular weight is 415 g/mol. The van der Waals surface area contributed by atoms with Crippen LogP contribution in [-0.2, 0) is 16.0 Å². The normalized spacial score (nSPS) is 28.9. The van der Waals surface area contributed by atoms with E-state index in [4.69, 9.17) is 24.4 Å². The first kappa shape index (κ1) is 19.5. The molecule has 0 bridgehead atoms. The Morgan fingerprint density at radius 3 is 2.71 bits per heavy atom. The van der Waals surface area contributed by atoms with Crippen molar-refractivity contribution in [3.8, 4) is 0 Å². The number of Topliss-reactive ketones (excluding diaryl/α,β-unsaturated/α-hetero) is 2. The molecule has 1 aromatic rings. The number of nitrogens with one attached hydrogen (secondary N) is 2. The SMILES string of the molecule is O=C(CC1=Cc2ccccc2C1)C1C(=S)CN[C@@H]1C(=O)C1CCN[C@@H]1C(O)=S. The Morgan fingerprint density at radius 1 is 1.18 bits per heavy atom. The number of benzene rings is 1. The Kier molecular flexibility index (Phi) is 5.51. The first-order valence-electron chi connectivity index (χ1n) is 9.52. The van der Waals surface area contributed by atoms with Crippen LogP contribution in [0.3, 0.4) is 0 Å². The van der Waals surface area contributed by atoms with E-state index in [2.05, 4.69) is 22.8 Å². The van der Waals surface area contributed by atoms with E-state index in [1.54, 1.807) is 0 Å². The molecule has 3 N–H and O–H groups in total. The van der Waals surface area contributed by atoms with Gasteiger partial charge in [0.05, 0.1) is 18.0 Å². The van der Waals surface area contributed by atoms with Crippen LogP contribution in [0.15, 0.2) is 29.8 Å². The van der Waals surface area contributed by atoms with E-state index in [0.29, 0.717) is 30.8 Å². The van der Waals surface area contributed by atoms with Crippen molar-refractivity contribution in [2.75, 3.05) is 13.1 Å². The molecule has 2 unspecified atom stereocenters. The van der Waals surface area contributed by atoms with Gasteiger partial charge in [0.25, 0.3) is 0 Å². The van der Waals surface area contributed by atoms with Crippen molar-refractivity contribution < 1.29 is 14.7 Å². The van der Waals surface area contributed by atoms with Crippen LogP contribution in [-0.4, -0.2) is 51.8 Å². The fourth-order valence-corrected chi connectivity index (χ4v) is 5.15.